The van der Waals surface area contributed by atoms with Gasteiger partial charge in [-0.15, -0.1) is 0 Å². The van der Waals surface area contributed by atoms with Gasteiger partial charge in [-0.2, -0.15) is 0 Å². The lowest BCUT2D eigenvalue weighted by molar-refractivity contribution is 0.103. The van der Waals surface area contributed by atoms with Crippen LogP contribution in [0, 0.1) is 24.0 Å². The Morgan fingerprint density at radius 3 is 2.45 bits per heavy atom. The molecule has 2 heterocycles. The van der Waals surface area contributed by atoms with E-state index in [0.29, 0.717) is 22.5 Å². The van der Waals surface area contributed by atoms with Crippen molar-refractivity contribution in [2.75, 3.05) is 4.72 Å². The average Bonchev–Trinajstić information content (AvgIpc) is 3.34. The number of benzene rings is 3. The fourth-order valence-electron chi connectivity index (χ4n) is 3.89. The first kappa shape index (κ1) is 24.7. The van der Waals surface area contributed by atoms with Crippen LogP contribution in [0.5, 0.6) is 0 Å². The molecule has 0 aliphatic carbocycles. The molecule has 0 aliphatic rings. The lowest BCUT2D eigenvalue weighted by atomic mass is 10.00. The first-order valence-corrected chi connectivity index (χ1v) is 12.4. The Kier molecular flexibility index (Phi) is 6.18. The third-order valence-corrected chi connectivity index (χ3v) is 7.14. The minimum Gasteiger partial charge on any atom is -0.345 e. The summed E-state index contributed by atoms with van der Waals surface area (Å²) in [5, 5.41) is 0.284. The molecule has 0 saturated carbocycles. The Balaban J connectivity index is 1.54. The van der Waals surface area contributed by atoms with Gasteiger partial charge in [-0.3, -0.25) is 9.52 Å². The Morgan fingerprint density at radius 1 is 0.974 bits per heavy atom. The number of halogens is 3. The van der Waals surface area contributed by atoms with Crippen molar-refractivity contribution in [3.63, 3.8) is 0 Å². The summed E-state index contributed by atoms with van der Waals surface area (Å²) in [6, 6.07) is 13.9. The molecule has 0 saturated heterocycles. The molecule has 7 nitrogen and oxygen atoms in total. The quantitative estimate of drug-likeness (QED) is 0.200. The molecule has 0 aliphatic heterocycles. The van der Waals surface area contributed by atoms with E-state index in [9.17, 15) is 22.0 Å². The van der Waals surface area contributed by atoms with Gasteiger partial charge in [0.15, 0.2) is 11.5 Å². The van der Waals surface area contributed by atoms with E-state index in [4.69, 9.17) is 6.57 Å². The third-order valence-electron chi connectivity index (χ3n) is 5.77. The zero-order valence-corrected chi connectivity index (χ0v) is 20.0. The molecule has 0 bridgehead atoms. The number of carbonyl (C=O) groups is 1. The summed E-state index contributed by atoms with van der Waals surface area (Å²) in [7, 11) is -4.44. The molecule has 188 valence electrons. The predicted molar refractivity (Wildman–Crippen MR) is 135 cm³/mol. The molecule has 2 N–H and O–H groups in total. The van der Waals surface area contributed by atoms with Crippen LogP contribution in [0.25, 0.3) is 27.0 Å². The van der Waals surface area contributed by atoms with E-state index in [2.05, 4.69) is 14.8 Å². The first-order chi connectivity index (χ1) is 18.2. The highest BCUT2D eigenvalue weighted by atomic mass is 32.2. The molecule has 38 heavy (non-hydrogen) atoms. The van der Waals surface area contributed by atoms with E-state index in [1.54, 1.807) is 36.5 Å². The van der Waals surface area contributed by atoms with E-state index in [1.807, 2.05) is 4.72 Å². The van der Waals surface area contributed by atoms with Gasteiger partial charge in [0.1, 0.15) is 17.3 Å². The Bertz CT molecular complexity index is 1880. The van der Waals surface area contributed by atoms with Crippen LogP contribution in [-0.4, -0.2) is 24.2 Å². The van der Waals surface area contributed by atoms with Gasteiger partial charge in [0.25, 0.3) is 10.0 Å². The zero-order chi connectivity index (χ0) is 27.0. The van der Waals surface area contributed by atoms with Crippen LogP contribution >= 0.6 is 0 Å². The van der Waals surface area contributed by atoms with E-state index < -0.39 is 49.4 Å². The molecule has 0 fully saturated rings. The Labute approximate surface area is 214 Å². The Morgan fingerprint density at radius 2 is 1.74 bits per heavy atom. The maximum absolute atomic E-state index is 15.4. The third kappa shape index (κ3) is 4.49. The zero-order valence-electron chi connectivity index (χ0n) is 19.2. The van der Waals surface area contributed by atoms with Crippen LogP contribution in [-0.2, 0) is 10.0 Å². The van der Waals surface area contributed by atoms with E-state index in [-0.39, 0.29) is 10.9 Å². The highest BCUT2D eigenvalue weighted by Crippen LogP contribution is 2.30. The lowest BCUT2D eigenvalue weighted by Gasteiger charge is -2.12. The number of hydrogen-bond donors (Lipinski definition) is 2. The largest absolute Gasteiger partial charge is 0.345 e. The predicted octanol–water partition coefficient (Wildman–Crippen LogP) is 6.23. The summed E-state index contributed by atoms with van der Waals surface area (Å²) >= 11 is 0. The number of nitrogens with one attached hydrogen (secondary N) is 2. The second-order valence-electron chi connectivity index (χ2n) is 8.16. The maximum Gasteiger partial charge on any atom is 0.262 e. The number of pyridine rings is 1. The van der Waals surface area contributed by atoms with Gasteiger partial charge in [0, 0.05) is 28.9 Å². The summed E-state index contributed by atoms with van der Waals surface area (Å²) in [5.74, 6) is -4.49. The van der Waals surface area contributed by atoms with Gasteiger partial charge in [-0.05, 0) is 42.0 Å². The molecule has 5 aromatic rings. The van der Waals surface area contributed by atoms with E-state index >= 15 is 4.39 Å². The molecule has 11 heteroatoms. The highest BCUT2D eigenvalue weighted by molar-refractivity contribution is 7.92. The van der Waals surface area contributed by atoms with Crippen molar-refractivity contribution in [3.05, 3.63) is 119 Å². The van der Waals surface area contributed by atoms with E-state index in [0.717, 1.165) is 36.4 Å². The number of aromatic amines is 1. The molecule has 2 aromatic heterocycles. The standard InChI is InChI=1S/C27H15F3N4O3S/c1-31-18-7-5-15(6-8-18)16-11-20-21(14-33-27(20)32-13-16)26(35)24-22(29)9-10-23(25(24)30)34-38(36,37)19-4-2-3-17(28)12-19/h2-14,34H,(H,32,33). The second kappa shape index (κ2) is 9.49. The van der Waals surface area contributed by atoms with Crippen LogP contribution in [0.4, 0.5) is 24.5 Å². The van der Waals surface area contributed by atoms with Crippen molar-refractivity contribution in [2.45, 2.75) is 4.90 Å². The molecular formula is C27H15F3N4O3S. The number of nitrogens with zero attached hydrogens (tertiary/aromatic N) is 2. The van der Waals surface area contributed by atoms with Crippen molar-refractivity contribution in [2.24, 2.45) is 0 Å². The van der Waals surface area contributed by atoms with Crippen molar-refractivity contribution in [1.29, 1.82) is 0 Å². The number of fused-ring (bicyclic) bond motifs is 1. The average molecular weight is 533 g/mol. The van der Waals surface area contributed by atoms with Gasteiger partial charge < -0.3 is 4.98 Å². The summed E-state index contributed by atoms with van der Waals surface area (Å²) < 4.78 is 70.9. The number of carbonyl (C=O) groups excluding carboxylic acids is 1. The minimum atomic E-state index is -4.44. The van der Waals surface area contributed by atoms with Gasteiger partial charge in [-0.1, -0.05) is 30.3 Å². The van der Waals surface area contributed by atoms with Crippen LogP contribution in [0.15, 0.2) is 84.0 Å². The number of rotatable bonds is 6. The summed E-state index contributed by atoms with van der Waals surface area (Å²) in [6.07, 6.45) is 2.80. The minimum absolute atomic E-state index is 0.0879. The van der Waals surface area contributed by atoms with Crippen molar-refractivity contribution < 1.29 is 26.4 Å². The summed E-state index contributed by atoms with van der Waals surface area (Å²) in [4.78, 5) is 23.3. The number of hydrogen-bond acceptors (Lipinski definition) is 4. The van der Waals surface area contributed by atoms with Crippen molar-refractivity contribution in [3.8, 4) is 11.1 Å². The van der Waals surface area contributed by atoms with Crippen molar-refractivity contribution >= 4 is 38.2 Å². The summed E-state index contributed by atoms with van der Waals surface area (Å²) in [6.45, 7) is 7.07. The van der Waals surface area contributed by atoms with Crippen LogP contribution in [0.2, 0.25) is 0 Å². The van der Waals surface area contributed by atoms with Crippen molar-refractivity contribution in [1.82, 2.24) is 9.97 Å². The monoisotopic (exact) mass is 532 g/mol. The van der Waals surface area contributed by atoms with Gasteiger partial charge in [0.05, 0.1) is 22.7 Å². The van der Waals surface area contributed by atoms with Crippen LogP contribution in [0.3, 0.4) is 0 Å². The first-order valence-electron chi connectivity index (χ1n) is 10.9. The molecule has 0 unspecified atom stereocenters. The number of sulfonamides is 1. The normalized spacial score (nSPS) is 11.3. The molecule has 5 rings (SSSR count). The fourth-order valence-corrected chi connectivity index (χ4v) is 4.98. The lowest BCUT2D eigenvalue weighted by Crippen LogP contribution is -2.16. The fraction of sp³-hybridized carbons (Fsp3) is 0. The molecular weight excluding hydrogens is 517 g/mol. The van der Waals surface area contributed by atoms with E-state index in [1.165, 1.54) is 6.20 Å². The number of anilines is 1. The highest BCUT2D eigenvalue weighted by Gasteiger charge is 2.26. The topological polar surface area (TPSA) is 96.3 Å². The molecule has 0 amide bonds. The second-order valence-corrected chi connectivity index (χ2v) is 9.84. The SMILES string of the molecule is [C-]#[N+]c1ccc(-c2cnc3[nH]cc(C(=O)c4c(F)ccc(NS(=O)(=O)c5cccc(F)c5)c4F)c3c2)cc1. The molecule has 3 aromatic carbocycles. The molecule has 0 atom stereocenters. The van der Waals surface area contributed by atoms with Gasteiger partial charge in [-0.25, -0.2) is 31.4 Å². The molecule has 0 spiro atoms. The Hall–Kier alpha value is -4.95. The number of aromatic nitrogens is 2. The van der Waals surface area contributed by atoms with Crippen LogP contribution < -0.4 is 4.72 Å². The maximum atomic E-state index is 15.4. The van der Waals surface area contributed by atoms with Crippen LogP contribution in [0.1, 0.15) is 15.9 Å². The number of ketones is 1. The summed E-state index contributed by atoms with van der Waals surface area (Å²) in [5.41, 5.74) is 0.292. The number of H-pyrrole nitrogens is 1. The molecule has 0 radical (unpaired) electrons. The van der Waals surface area contributed by atoms with Gasteiger partial charge >= 0.3 is 0 Å². The smallest absolute Gasteiger partial charge is 0.262 e. The van der Waals surface area contributed by atoms with Gasteiger partial charge in [0.2, 0.25) is 5.78 Å².